The predicted octanol–water partition coefficient (Wildman–Crippen LogP) is 5.22. The molecule has 0 fully saturated rings. The molecule has 0 aliphatic rings. The summed E-state index contributed by atoms with van der Waals surface area (Å²) in [6.45, 7) is 7.55. The third-order valence-electron chi connectivity index (χ3n) is 5.29. The van der Waals surface area contributed by atoms with Gasteiger partial charge in [-0.15, -0.1) is 11.8 Å². The van der Waals surface area contributed by atoms with Crippen LogP contribution >= 0.6 is 11.8 Å². The number of pyridine rings is 2. The second-order valence-corrected chi connectivity index (χ2v) is 8.59. The number of rotatable bonds is 10. The van der Waals surface area contributed by atoms with E-state index in [0.717, 1.165) is 50.4 Å². The van der Waals surface area contributed by atoms with Crippen molar-refractivity contribution >= 4 is 11.8 Å². The highest BCUT2D eigenvalue weighted by Gasteiger charge is 2.14. The van der Waals surface area contributed by atoms with E-state index in [1.54, 1.807) is 11.8 Å². The Bertz CT molecular complexity index is 940. The predicted molar refractivity (Wildman–Crippen MR) is 128 cm³/mol. The Morgan fingerprint density at radius 1 is 0.967 bits per heavy atom. The van der Waals surface area contributed by atoms with Crippen molar-refractivity contribution in [3.05, 3.63) is 77.4 Å². The zero-order valence-electron chi connectivity index (χ0n) is 18.3. The minimum absolute atomic E-state index is 0.728. The van der Waals surface area contributed by atoms with Gasteiger partial charge in [0.15, 0.2) is 0 Å². The van der Waals surface area contributed by atoms with Crippen LogP contribution in [-0.4, -0.2) is 34.2 Å². The van der Waals surface area contributed by atoms with Crippen molar-refractivity contribution in [2.45, 2.75) is 44.7 Å². The zero-order chi connectivity index (χ0) is 21.3. The molecule has 2 aromatic heterocycles. The zero-order valence-corrected chi connectivity index (χ0v) is 19.1. The first-order chi connectivity index (χ1) is 14.6. The molecule has 0 radical (unpaired) electrons. The van der Waals surface area contributed by atoms with Gasteiger partial charge < -0.3 is 5.73 Å². The third-order valence-corrected chi connectivity index (χ3v) is 6.03. The molecule has 0 aliphatic heterocycles. The van der Waals surface area contributed by atoms with E-state index < -0.39 is 0 Å². The van der Waals surface area contributed by atoms with Crippen molar-refractivity contribution in [3.63, 3.8) is 0 Å². The average Bonchev–Trinajstić information content (AvgIpc) is 2.76. The standard InChI is InChI=1S/C25H32N4S/c1-19-15-20(2)24(28-16-19)17-29(14-5-4-12-26)18-25-23(7-6-13-27-25)21-8-10-22(30-3)11-9-21/h6-11,13,15-16H,4-5,12,14,17-18,26H2,1-3H3. The van der Waals surface area contributed by atoms with Gasteiger partial charge in [0.2, 0.25) is 0 Å². The molecule has 2 N–H and O–H groups in total. The molecule has 0 atom stereocenters. The minimum Gasteiger partial charge on any atom is -0.330 e. The van der Waals surface area contributed by atoms with Crippen LogP contribution in [0, 0.1) is 13.8 Å². The number of aryl methyl sites for hydroxylation is 2. The van der Waals surface area contributed by atoms with Crippen LogP contribution in [0.4, 0.5) is 0 Å². The topological polar surface area (TPSA) is 55.0 Å². The van der Waals surface area contributed by atoms with Gasteiger partial charge in [-0.25, -0.2) is 0 Å². The number of thioether (sulfide) groups is 1. The SMILES string of the molecule is CSc1ccc(-c2cccnc2CN(CCCCN)Cc2ncc(C)cc2C)cc1. The van der Waals surface area contributed by atoms with Crippen LogP contribution < -0.4 is 5.73 Å². The summed E-state index contributed by atoms with van der Waals surface area (Å²) in [6.07, 6.45) is 8.06. The molecular formula is C25H32N4S. The fraction of sp³-hybridized carbons (Fsp3) is 0.360. The molecule has 3 rings (SSSR count). The highest BCUT2D eigenvalue weighted by molar-refractivity contribution is 7.98. The number of hydrogen-bond acceptors (Lipinski definition) is 5. The minimum atomic E-state index is 0.728. The average molecular weight is 421 g/mol. The summed E-state index contributed by atoms with van der Waals surface area (Å²) in [5.41, 5.74) is 12.8. The maximum absolute atomic E-state index is 5.74. The van der Waals surface area contributed by atoms with E-state index in [-0.39, 0.29) is 0 Å². The Morgan fingerprint density at radius 2 is 1.73 bits per heavy atom. The van der Waals surface area contributed by atoms with Gasteiger partial charge >= 0.3 is 0 Å². The molecule has 1 aromatic carbocycles. The summed E-state index contributed by atoms with van der Waals surface area (Å²) in [5.74, 6) is 0. The Labute approximate surface area is 184 Å². The maximum atomic E-state index is 5.74. The quantitative estimate of drug-likeness (QED) is 0.360. The molecule has 4 nitrogen and oxygen atoms in total. The lowest BCUT2D eigenvalue weighted by atomic mass is 10.0. The number of aromatic nitrogens is 2. The lowest BCUT2D eigenvalue weighted by Crippen LogP contribution is -2.26. The summed E-state index contributed by atoms with van der Waals surface area (Å²) in [5, 5.41) is 0. The summed E-state index contributed by atoms with van der Waals surface area (Å²) >= 11 is 1.76. The van der Waals surface area contributed by atoms with Crippen LogP contribution in [0.2, 0.25) is 0 Å². The highest BCUT2D eigenvalue weighted by atomic mass is 32.2. The van der Waals surface area contributed by atoms with Gasteiger partial charge in [0.25, 0.3) is 0 Å². The molecule has 0 bridgehead atoms. The normalized spacial score (nSPS) is 11.2. The molecule has 3 aromatic rings. The summed E-state index contributed by atoms with van der Waals surface area (Å²) in [4.78, 5) is 13.2. The molecule has 5 heteroatoms. The molecule has 30 heavy (non-hydrogen) atoms. The first-order valence-corrected chi connectivity index (χ1v) is 11.8. The number of nitrogens with zero attached hydrogens (tertiary/aromatic N) is 3. The summed E-state index contributed by atoms with van der Waals surface area (Å²) in [6, 6.07) is 15.1. The molecule has 0 amide bonds. The van der Waals surface area contributed by atoms with Crippen molar-refractivity contribution < 1.29 is 0 Å². The summed E-state index contributed by atoms with van der Waals surface area (Å²) in [7, 11) is 0. The van der Waals surface area contributed by atoms with Crippen LogP contribution in [0.15, 0.2) is 59.8 Å². The van der Waals surface area contributed by atoms with E-state index in [1.165, 1.54) is 27.1 Å². The first-order valence-electron chi connectivity index (χ1n) is 10.5. The number of unbranched alkanes of at least 4 members (excludes halogenated alkanes) is 1. The van der Waals surface area contributed by atoms with Crippen LogP contribution in [0.3, 0.4) is 0 Å². The van der Waals surface area contributed by atoms with Gasteiger partial charge in [-0.05, 0) is 80.9 Å². The van der Waals surface area contributed by atoms with E-state index in [2.05, 4.69) is 61.4 Å². The molecule has 158 valence electrons. The molecule has 0 aliphatic carbocycles. The van der Waals surface area contributed by atoms with Gasteiger partial charge in [0.05, 0.1) is 11.4 Å². The van der Waals surface area contributed by atoms with Gasteiger partial charge in [-0.2, -0.15) is 0 Å². The molecule has 0 saturated carbocycles. The van der Waals surface area contributed by atoms with Gasteiger partial charge in [0, 0.05) is 35.9 Å². The monoisotopic (exact) mass is 420 g/mol. The number of hydrogen-bond donors (Lipinski definition) is 1. The van der Waals surface area contributed by atoms with E-state index in [1.807, 2.05) is 18.5 Å². The highest BCUT2D eigenvalue weighted by Crippen LogP contribution is 2.26. The van der Waals surface area contributed by atoms with Crippen molar-refractivity contribution in [3.8, 4) is 11.1 Å². The smallest absolute Gasteiger partial charge is 0.0622 e. The largest absolute Gasteiger partial charge is 0.330 e. The number of nitrogens with two attached hydrogens (primary N) is 1. The Kier molecular flexibility index (Phi) is 8.43. The maximum Gasteiger partial charge on any atom is 0.0622 e. The fourth-order valence-electron chi connectivity index (χ4n) is 3.62. The molecule has 2 heterocycles. The van der Waals surface area contributed by atoms with Crippen LogP contribution in [0.1, 0.15) is 35.4 Å². The van der Waals surface area contributed by atoms with Crippen LogP contribution in [0.25, 0.3) is 11.1 Å². The van der Waals surface area contributed by atoms with Gasteiger partial charge in [-0.1, -0.05) is 24.3 Å². The Balaban J connectivity index is 1.84. The van der Waals surface area contributed by atoms with Crippen molar-refractivity contribution in [2.24, 2.45) is 5.73 Å². The molecule has 0 spiro atoms. The Hall–Kier alpha value is -2.21. The van der Waals surface area contributed by atoms with Crippen LogP contribution in [-0.2, 0) is 13.1 Å². The van der Waals surface area contributed by atoms with E-state index in [0.29, 0.717) is 0 Å². The molecule has 0 unspecified atom stereocenters. The Morgan fingerprint density at radius 3 is 2.43 bits per heavy atom. The van der Waals surface area contributed by atoms with Gasteiger partial charge in [0.1, 0.15) is 0 Å². The fourth-order valence-corrected chi connectivity index (χ4v) is 4.03. The summed E-state index contributed by atoms with van der Waals surface area (Å²) < 4.78 is 0. The molecule has 0 saturated heterocycles. The van der Waals surface area contributed by atoms with Crippen LogP contribution in [0.5, 0.6) is 0 Å². The first kappa shape index (κ1) is 22.5. The van der Waals surface area contributed by atoms with E-state index in [4.69, 9.17) is 15.7 Å². The second kappa shape index (κ2) is 11.3. The third kappa shape index (κ3) is 6.14. The van der Waals surface area contributed by atoms with Crippen molar-refractivity contribution in [1.82, 2.24) is 14.9 Å². The lowest BCUT2D eigenvalue weighted by Gasteiger charge is -2.24. The molecular weight excluding hydrogens is 388 g/mol. The van der Waals surface area contributed by atoms with Gasteiger partial charge in [-0.3, -0.25) is 14.9 Å². The number of benzene rings is 1. The van der Waals surface area contributed by atoms with Crippen molar-refractivity contribution in [2.75, 3.05) is 19.3 Å². The van der Waals surface area contributed by atoms with E-state index >= 15 is 0 Å². The second-order valence-electron chi connectivity index (χ2n) is 7.71. The van der Waals surface area contributed by atoms with E-state index in [9.17, 15) is 0 Å². The lowest BCUT2D eigenvalue weighted by molar-refractivity contribution is 0.246. The van der Waals surface area contributed by atoms with Crippen molar-refractivity contribution in [1.29, 1.82) is 0 Å².